The van der Waals surface area contributed by atoms with Crippen LogP contribution in [0.1, 0.15) is 117 Å². The summed E-state index contributed by atoms with van der Waals surface area (Å²) < 4.78 is 14.3. The molecule has 0 amide bonds. The van der Waals surface area contributed by atoms with Gasteiger partial charge < -0.3 is 67.7 Å². The van der Waals surface area contributed by atoms with Gasteiger partial charge in [0.05, 0.1) is 49.7 Å². The maximum absolute atomic E-state index is 12.2. The summed E-state index contributed by atoms with van der Waals surface area (Å²) in [6, 6.07) is 32.8. The monoisotopic (exact) mass is 1380 g/mol. The number of aromatic nitrogens is 10. The molecule has 532 valence electrons. The highest BCUT2D eigenvalue weighted by Crippen LogP contribution is 2.39. The molecule has 16 rings (SSSR count). The Hall–Kier alpha value is -9.58. The number of hydrogen-bond donors (Lipinski definition) is 5. The summed E-state index contributed by atoms with van der Waals surface area (Å²) in [6.07, 6.45) is 15.0. The molecule has 4 atom stereocenters. The molecule has 0 bridgehead atoms. The van der Waals surface area contributed by atoms with Crippen molar-refractivity contribution < 1.29 is 34.4 Å². The Balaban J connectivity index is 0.000000127. The molecule has 12 aromatic rings. The summed E-state index contributed by atoms with van der Waals surface area (Å²) in [5, 5.41) is 57.6. The van der Waals surface area contributed by atoms with E-state index in [-0.39, 0.29) is 11.7 Å². The highest BCUT2D eigenvalue weighted by molar-refractivity contribution is 5.89. The number of aryl methyl sites for hydroxylation is 4. The van der Waals surface area contributed by atoms with Crippen molar-refractivity contribution in [2.24, 2.45) is 0 Å². The van der Waals surface area contributed by atoms with Crippen molar-refractivity contribution in [3.05, 3.63) is 241 Å². The van der Waals surface area contributed by atoms with Crippen LogP contribution in [0.4, 0.5) is 0 Å². The van der Waals surface area contributed by atoms with Gasteiger partial charge in [0.15, 0.2) is 17.8 Å². The fraction of sp³-hybridized carbons (Fsp3) is 0.388. The van der Waals surface area contributed by atoms with Crippen LogP contribution in [0.2, 0.25) is 0 Å². The Kier molecular flexibility index (Phi) is 21.4. The molecular weight excluding hydrogens is 1280 g/mol. The van der Waals surface area contributed by atoms with E-state index in [0.717, 1.165) is 111 Å². The van der Waals surface area contributed by atoms with E-state index in [1.54, 1.807) is 63.2 Å². The molecule has 22 heteroatoms. The average Bonchev–Trinajstić information content (AvgIpc) is 1.62. The quantitative estimate of drug-likeness (QED) is 0.0762. The van der Waals surface area contributed by atoms with E-state index in [2.05, 4.69) is 178 Å². The van der Waals surface area contributed by atoms with E-state index in [1.165, 1.54) is 95.3 Å². The number of pyridine rings is 3. The molecule has 9 aromatic heterocycles. The highest BCUT2D eigenvalue weighted by Gasteiger charge is 2.35. The normalized spacial score (nSPS) is 16.8. The molecule has 3 aromatic carbocycles. The number of nitrogens with zero attached hydrogens (tertiary/aromatic N) is 13. The zero-order chi connectivity index (χ0) is 72.4. The third kappa shape index (κ3) is 15.3. The molecule has 22 nitrogen and oxygen atoms in total. The van der Waals surface area contributed by atoms with Crippen molar-refractivity contribution in [1.29, 1.82) is 0 Å². The number of carbonyl (C=O) groups excluding carboxylic acids is 2. The molecular formula is C80H94N14O8. The van der Waals surface area contributed by atoms with Crippen molar-refractivity contribution >= 4 is 49.9 Å². The first-order valence-electron chi connectivity index (χ1n) is 34.9. The van der Waals surface area contributed by atoms with Gasteiger partial charge in [-0.2, -0.15) is 14.7 Å². The third-order valence-corrected chi connectivity index (χ3v) is 20.6. The summed E-state index contributed by atoms with van der Waals surface area (Å²) in [5.74, 6) is 0.498. The molecule has 4 aliphatic rings. The maximum Gasteiger partial charge on any atom is 0.373 e. The minimum Gasteiger partial charge on any atom is -0.445 e. The number of rotatable bonds is 12. The van der Waals surface area contributed by atoms with Gasteiger partial charge in [-0.1, -0.05) is 41.0 Å². The van der Waals surface area contributed by atoms with Gasteiger partial charge in [0.1, 0.15) is 16.8 Å². The first kappa shape index (κ1) is 72.2. The number of aromatic amines is 1. The lowest BCUT2D eigenvalue weighted by atomic mass is 9.97. The van der Waals surface area contributed by atoms with E-state index in [1.807, 2.05) is 38.1 Å². The van der Waals surface area contributed by atoms with Gasteiger partial charge >= 0.3 is 6.15 Å². The fourth-order valence-electron chi connectivity index (χ4n) is 15.3. The zero-order valence-electron chi connectivity index (χ0n) is 60.4. The van der Waals surface area contributed by atoms with E-state index >= 15 is 0 Å². The van der Waals surface area contributed by atoms with Gasteiger partial charge in [0.25, 0.3) is 5.56 Å². The van der Waals surface area contributed by atoms with Crippen LogP contribution < -0.4 is 5.56 Å². The number of nitrogens with one attached hydrogen (secondary N) is 1. The Bertz CT molecular complexity index is 5040. The molecule has 0 saturated carbocycles. The zero-order valence-corrected chi connectivity index (χ0v) is 60.4. The number of aliphatic hydroxyl groups excluding tert-OH is 1. The van der Waals surface area contributed by atoms with Crippen LogP contribution in [0.5, 0.6) is 0 Å². The number of benzene rings is 3. The second-order valence-corrected chi connectivity index (χ2v) is 29.0. The maximum atomic E-state index is 12.2. The first-order valence-corrected chi connectivity index (χ1v) is 34.9. The molecule has 0 aliphatic carbocycles. The number of oxazole rings is 1. The van der Waals surface area contributed by atoms with Crippen LogP contribution in [-0.2, 0) is 104 Å². The van der Waals surface area contributed by atoms with Crippen LogP contribution in [0.3, 0.4) is 0 Å². The largest absolute Gasteiger partial charge is 0.445 e. The molecule has 102 heavy (non-hydrogen) atoms. The fourth-order valence-corrected chi connectivity index (χ4v) is 15.3. The Morgan fingerprint density at radius 3 is 1.44 bits per heavy atom. The van der Waals surface area contributed by atoms with E-state index < -0.39 is 22.9 Å². The average molecular weight is 1380 g/mol. The van der Waals surface area contributed by atoms with Crippen LogP contribution in [-0.4, -0.2) is 149 Å². The van der Waals surface area contributed by atoms with Crippen LogP contribution in [0.15, 0.2) is 150 Å². The number of aliphatic hydroxyl groups is 4. The van der Waals surface area contributed by atoms with Gasteiger partial charge in [-0.3, -0.25) is 14.8 Å². The minimum atomic E-state index is -1.25. The predicted molar refractivity (Wildman–Crippen MR) is 393 cm³/mol. The third-order valence-electron chi connectivity index (χ3n) is 20.6. The molecule has 0 fully saturated rings. The van der Waals surface area contributed by atoms with Gasteiger partial charge in [0, 0.05) is 175 Å². The predicted octanol–water partition coefficient (Wildman–Crippen LogP) is 9.88. The van der Waals surface area contributed by atoms with Crippen LogP contribution >= 0.6 is 0 Å². The smallest absolute Gasteiger partial charge is 0.373 e. The first-order chi connectivity index (χ1) is 48.8. The second-order valence-electron chi connectivity index (χ2n) is 29.0. The SMILES string of the molecule is Cc1cc2c3c(n(CC(O)c4ccncc4)c2nn1)CCN(C)C3.Cc1ccc2c(c1)c1c(n2CC(C)(O)c2ccc[nH]c2=O)CCN(C)C1.Cc1ccc2c(c1)c1c(n2CC(C)(O)c2cccnc2)CCN(C)C1.Cc1ccc2c(c1)c1c(n2CC(C)(O)c2cnco2)CCN(C)C1.O=C=O. The summed E-state index contributed by atoms with van der Waals surface area (Å²) >= 11 is 0. The minimum absolute atomic E-state index is 0.238. The number of H-pyrrole nitrogens is 1. The Morgan fingerprint density at radius 1 is 0.529 bits per heavy atom. The van der Waals surface area contributed by atoms with Crippen molar-refractivity contribution in [1.82, 2.24) is 68.0 Å². The number of hydrogen-bond acceptors (Lipinski definition) is 17. The van der Waals surface area contributed by atoms with Gasteiger partial charge in [0.2, 0.25) is 0 Å². The summed E-state index contributed by atoms with van der Waals surface area (Å²) in [7, 11) is 8.61. The van der Waals surface area contributed by atoms with Crippen molar-refractivity contribution in [2.75, 3.05) is 54.4 Å². The summed E-state index contributed by atoms with van der Waals surface area (Å²) in [4.78, 5) is 52.6. The van der Waals surface area contributed by atoms with Crippen LogP contribution in [0.25, 0.3) is 43.7 Å². The van der Waals surface area contributed by atoms with Gasteiger partial charge in [-0.05, 0) is 177 Å². The van der Waals surface area contributed by atoms with Gasteiger partial charge in [-0.25, -0.2) is 4.98 Å². The van der Waals surface area contributed by atoms with E-state index in [4.69, 9.17) is 14.0 Å². The molecule has 0 saturated heterocycles. The molecule has 4 aliphatic heterocycles. The molecule has 13 heterocycles. The lowest BCUT2D eigenvalue weighted by molar-refractivity contribution is -0.191. The topological polar surface area (TPSA) is 258 Å². The van der Waals surface area contributed by atoms with Gasteiger partial charge in [-0.15, -0.1) is 5.10 Å². The summed E-state index contributed by atoms with van der Waals surface area (Å²) in [6.45, 7) is 23.4. The Morgan fingerprint density at radius 2 is 0.990 bits per heavy atom. The summed E-state index contributed by atoms with van der Waals surface area (Å²) in [5.41, 5.74) is 18.4. The molecule has 5 N–H and O–H groups in total. The molecule has 0 radical (unpaired) electrons. The molecule has 4 unspecified atom stereocenters. The highest BCUT2D eigenvalue weighted by atomic mass is 16.4. The lowest BCUT2D eigenvalue weighted by Gasteiger charge is -2.28. The van der Waals surface area contributed by atoms with Crippen molar-refractivity contribution in [3.63, 3.8) is 0 Å². The lowest BCUT2D eigenvalue weighted by Crippen LogP contribution is -2.35. The standard InChI is InChI=1S/C21H25N3O2.C21H25N3O.C19H23N3O2.C18H21N5O.CO2/c1-14-6-7-18-15(11-14)16-12-23(3)10-8-19(16)24(18)13-21(2,26)17-5-4-9-22-20(17)25;1-15-6-7-19-17(11-15)18-13-23(3)10-8-20(18)24(19)14-21(2,25)16-5-4-9-22-12-16;1-13-4-5-16-14(8-13)15-10-21(3)7-6-17(15)22(16)11-19(2,23)18-9-20-12-24-18;1-12-9-14-15-10-22(2)8-5-16(15)23(18(14)21-20-12)11-17(24)13-3-6-19-7-4-13;2-1-3/h4-7,9,11,26H,8,10,12-13H2,1-3H3,(H,22,25);4-7,9,11-12,25H,8,10,13-14H2,1-3H3;4-5,8-9,12,23H,6-7,10-11H2,1-3H3;3-4,6-7,9,17,24H,5,8,10-11H2,1-2H3;. The Labute approximate surface area is 594 Å². The van der Waals surface area contributed by atoms with Crippen molar-refractivity contribution in [3.8, 4) is 0 Å². The number of likely N-dealkylation sites (N-methyl/N-ethyl adjacent to an activating group) is 4. The van der Waals surface area contributed by atoms with E-state index in [0.29, 0.717) is 37.5 Å². The number of fused-ring (bicyclic) bond motifs is 12. The molecule has 0 spiro atoms. The van der Waals surface area contributed by atoms with Crippen molar-refractivity contribution in [2.45, 2.75) is 149 Å². The second kappa shape index (κ2) is 30.2. The van der Waals surface area contributed by atoms with E-state index in [9.17, 15) is 25.2 Å². The van der Waals surface area contributed by atoms with Crippen LogP contribution in [0, 0.1) is 27.7 Å².